The zero-order chi connectivity index (χ0) is 17.0. The van der Waals surface area contributed by atoms with Crippen LogP contribution in [0.2, 0.25) is 5.02 Å². The molecule has 0 radical (unpaired) electrons. The average molecular weight is 336 g/mol. The Bertz CT molecular complexity index is 760. The second-order valence-corrected chi connectivity index (χ2v) is 5.17. The van der Waals surface area contributed by atoms with E-state index in [1.807, 2.05) is 0 Å². The van der Waals surface area contributed by atoms with Gasteiger partial charge in [-0.25, -0.2) is 4.79 Å². The third-order valence-electron chi connectivity index (χ3n) is 2.99. The fourth-order valence-electron chi connectivity index (χ4n) is 1.94. The number of phenolic OH excluding ortho intramolecular Hbond substituents is 1. The van der Waals surface area contributed by atoms with Gasteiger partial charge in [0.05, 0.1) is 0 Å². The first-order valence-electron chi connectivity index (χ1n) is 6.64. The number of rotatable bonds is 5. The summed E-state index contributed by atoms with van der Waals surface area (Å²) >= 11 is 5.87. The van der Waals surface area contributed by atoms with Crippen molar-refractivity contribution in [3.8, 4) is 11.5 Å². The van der Waals surface area contributed by atoms with Gasteiger partial charge in [0, 0.05) is 29.7 Å². The van der Waals surface area contributed by atoms with Crippen LogP contribution in [0.4, 0.5) is 5.69 Å². The lowest BCUT2D eigenvalue weighted by atomic mass is 10.1. The van der Waals surface area contributed by atoms with Crippen LogP contribution < -0.4 is 10.1 Å². The van der Waals surface area contributed by atoms with E-state index in [9.17, 15) is 19.8 Å². The minimum Gasteiger partial charge on any atom is -0.508 e. The summed E-state index contributed by atoms with van der Waals surface area (Å²) in [6, 6.07) is 8.97. The Morgan fingerprint density at radius 2 is 1.96 bits per heavy atom. The molecule has 0 saturated carbocycles. The van der Waals surface area contributed by atoms with E-state index in [4.69, 9.17) is 16.3 Å². The molecule has 2 aromatic rings. The number of hydrogen-bond donors (Lipinski definition) is 3. The molecule has 0 atom stereocenters. The second kappa shape index (κ2) is 7.02. The lowest BCUT2D eigenvalue weighted by Crippen LogP contribution is -2.08. The zero-order valence-corrected chi connectivity index (χ0v) is 12.9. The van der Waals surface area contributed by atoms with Gasteiger partial charge in [-0.05, 0) is 36.4 Å². The van der Waals surface area contributed by atoms with E-state index in [-0.39, 0.29) is 23.6 Å². The third kappa shape index (κ3) is 4.37. The Labute approximate surface area is 137 Å². The highest BCUT2D eigenvalue weighted by molar-refractivity contribution is 6.30. The summed E-state index contributed by atoms with van der Waals surface area (Å²) < 4.78 is 4.85. The highest BCUT2D eigenvalue weighted by atomic mass is 35.5. The maximum Gasteiger partial charge on any atom is 0.339 e. The average Bonchev–Trinajstić information content (AvgIpc) is 2.48. The fraction of sp³-hybridized carbons (Fsp3) is 0.125. The molecule has 6 nitrogen and oxygen atoms in total. The Morgan fingerprint density at radius 3 is 2.61 bits per heavy atom. The number of benzene rings is 2. The monoisotopic (exact) mass is 335 g/mol. The minimum absolute atomic E-state index is 0.0267. The van der Waals surface area contributed by atoms with Crippen LogP contribution in [0.5, 0.6) is 11.5 Å². The molecule has 0 fully saturated rings. The normalized spacial score (nSPS) is 10.2. The van der Waals surface area contributed by atoms with Gasteiger partial charge in [0.15, 0.2) is 0 Å². The number of ether oxygens (including phenoxy) is 1. The zero-order valence-electron chi connectivity index (χ0n) is 12.2. The van der Waals surface area contributed by atoms with Crippen LogP contribution in [-0.2, 0) is 11.3 Å². The van der Waals surface area contributed by atoms with Crippen molar-refractivity contribution in [3.63, 3.8) is 0 Å². The van der Waals surface area contributed by atoms with Crippen molar-refractivity contribution in [3.05, 3.63) is 52.5 Å². The van der Waals surface area contributed by atoms with E-state index in [1.54, 1.807) is 18.2 Å². The van der Waals surface area contributed by atoms with Gasteiger partial charge in [-0.2, -0.15) is 0 Å². The standard InChI is InChI=1S/C16H14ClNO5/c1-9(19)23-15-5-3-12(7-13(15)16(21)22)18-8-10-6-11(17)2-4-14(10)20/h2-7,18,20H,8H2,1H3,(H,21,22). The van der Waals surface area contributed by atoms with Gasteiger partial charge in [-0.3, -0.25) is 4.79 Å². The molecule has 3 N–H and O–H groups in total. The minimum atomic E-state index is -1.21. The highest BCUT2D eigenvalue weighted by Gasteiger charge is 2.14. The lowest BCUT2D eigenvalue weighted by Gasteiger charge is -2.11. The molecule has 0 bridgehead atoms. The first-order valence-corrected chi connectivity index (χ1v) is 7.01. The predicted octanol–water partition coefficient (Wildman–Crippen LogP) is 3.28. The molecule has 2 rings (SSSR count). The van der Waals surface area contributed by atoms with Crippen LogP contribution in [0.1, 0.15) is 22.8 Å². The molecule has 7 heteroatoms. The number of hydrogen-bond acceptors (Lipinski definition) is 5. The van der Waals surface area contributed by atoms with Gasteiger partial charge in [-0.1, -0.05) is 11.6 Å². The molecule has 0 aliphatic rings. The van der Waals surface area contributed by atoms with Crippen molar-refractivity contribution in [1.29, 1.82) is 0 Å². The first kappa shape index (κ1) is 16.6. The predicted molar refractivity (Wildman–Crippen MR) is 85.2 cm³/mol. The van der Waals surface area contributed by atoms with Crippen molar-refractivity contribution in [2.24, 2.45) is 0 Å². The number of phenols is 1. The van der Waals surface area contributed by atoms with Crippen LogP contribution in [-0.4, -0.2) is 22.2 Å². The third-order valence-corrected chi connectivity index (χ3v) is 3.22. The van der Waals surface area contributed by atoms with E-state index >= 15 is 0 Å². The molecule has 0 aliphatic heterocycles. The summed E-state index contributed by atoms with van der Waals surface area (Å²) in [6.07, 6.45) is 0. The van der Waals surface area contributed by atoms with Crippen molar-refractivity contribution >= 4 is 29.2 Å². The highest BCUT2D eigenvalue weighted by Crippen LogP contribution is 2.26. The molecule has 0 unspecified atom stereocenters. The number of carboxylic acid groups (broad SMARTS) is 1. The number of carbonyl (C=O) groups excluding carboxylic acids is 1. The Kier molecular flexibility index (Phi) is 5.08. The number of aromatic hydroxyl groups is 1. The fourth-order valence-corrected chi connectivity index (χ4v) is 2.14. The van der Waals surface area contributed by atoms with Gasteiger partial charge in [0.2, 0.25) is 0 Å². The number of esters is 1. The SMILES string of the molecule is CC(=O)Oc1ccc(NCc2cc(Cl)ccc2O)cc1C(=O)O. The molecule has 0 aromatic heterocycles. The number of carbonyl (C=O) groups is 2. The Morgan fingerprint density at radius 1 is 1.22 bits per heavy atom. The number of halogens is 1. The second-order valence-electron chi connectivity index (χ2n) is 4.74. The van der Waals surface area contributed by atoms with Crippen LogP contribution >= 0.6 is 11.6 Å². The molecule has 23 heavy (non-hydrogen) atoms. The summed E-state index contributed by atoms with van der Waals surface area (Å²) in [5, 5.41) is 22.4. The molecule has 0 saturated heterocycles. The van der Waals surface area contributed by atoms with Crippen molar-refractivity contribution in [1.82, 2.24) is 0 Å². The molecule has 0 heterocycles. The summed E-state index contributed by atoms with van der Waals surface area (Å²) in [5.41, 5.74) is 0.927. The van der Waals surface area contributed by atoms with E-state index < -0.39 is 11.9 Å². The molecule has 0 spiro atoms. The van der Waals surface area contributed by atoms with Crippen LogP contribution in [0.3, 0.4) is 0 Å². The van der Waals surface area contributed by atoms with Crippen LogP contribution in [0, 0.1) is 0 Å². The number of aromatic carboxylic acids is 1. The Balaban J connectivity index is 2.20. The summed E-state index contributed by atoms with van der Waals surface area (Å²) in [6.45, 7) is 1.44. The first-order chi connectivity index (χ1) is 10.9. The molecule has 0 amide bonds. The molecule has 120 valence electrons. The maximum atomic E-state index is 11.3. The maximum absolute atomic E-state index is 11.3. The van der Waals surface area contributed by atoms with E-state index in [1.165, 1.54) is 25.1 Å². The van der Waals surface area contributed by atoms with Crippen LogP contribution in [0.15, 0.2) is 36.4 Å². The van der Waals surface area contributed by atoms with E-state index in [0.717, 1.165) is 0 Å². The largest absolute Gasteiger partial charge is 0.508 e. The van der Waals surface area contributed by atoms with Crippen molar-refractivity contribution in [2.75, 3.05) is 5.32 Å². The van der Waals surface area contributed by atoms with Gasteiger partial charge in [0.1, 0.15) is 17.1 Å². The van der Waals surface area contributed by atoms with Crippen molar-refractivity contribution < 1.29 is 24.5 Å². The van der Waals surface area contributed by atoms with E-state index in [2.05, 4.69) is 5.32 Å². The molecular formula is C16H14ClNO5. The Hall–Kier alpha value is -2.73. The van der Waals surface area contributed by atoms with Gasteiger partial charge in [-0.15, -0.1) is 0 Å². The number of carboxylic acids is 1. The smallest absolute Gasteiger partial charge is 0.339 e. The lowest BCUT2D eigenvalue weighted by molar-refractivity contribution is -0.131. The molecular weight excluding hydrogens is 322 g/mol. The van der Waals surface area contributed by atoms with Crippen LogP contribution in [0.25, 0.3) is 0 Å². The van der Waals surface area contributed by atoms with E-state index in [0.29, 0.717) is 16.3 Å². The topological polar surface area (TPSA) is 95.9 Å². The number of anilines is 1. The number of nitrogens with one attached hydrogen (secondary N) is 1. The summed E-state index contributed by atoms with van der Waals surface area (Å²) in [7, 11) is 0. The quantitative estimate of drug-likeness (QED) is 0.573. The summed E-state index contributed by atoms with van der Waals surface area (Å²) in [5.74, 6) is -1.76. The van der Waals surface area contributed by atoms with Gasteiger partial charge >= 0.3 is 11.9 Å². The summed E-state index contributed by atoms with van der Waals surface area (Å²) in [4.78, 5) is 22.2. The molecule has 2 aromatic carbocycles. The molecule has 0 aliphatic carbocycles. The van der Waals surface area contributed by atoms with Crippen molar-refractivity contribution in [2.45, 2.75) is 13.5 Å². The van der Waals surface area contributed by atoms with Gasteiger partial charge in [0.25, 0.3) is 0 Å². The van der Waals surface area contributed by atoms with Gasteiger partial charge < -0.3 is 20.3 Å².